The molecular formula is C30H41NO3. The molecular weight excluding hydrogens is 422 g/mol. The molecule has 3 aliphatic rings. The first-order valence-electron chi connectivity index (χ1n) is 13.1. The molecule has 0 spiro atoms. The van der Waals surface area contributed by atoms with Crippen molar-refractivity contribution in [1.29, 1.82) is 0 Å². The Morgan fingerprint density at radius 1 is 0.794 bits per heavy atom. The molecule has 4 heteroatoms. The third kappa shape index (κ3) is 5.31. The number of ether oxygens (including phenoxy) is 1. The van der Waals surface area contributed by atoms with Gasteiger partial charge in [0.2, 0.25) is 0 Å². The fraction of sp³-hybridized carbons (Fsp3) is 0.600. The summed E-state index contributed by atoms with van der Waals surface area (Å²) in [7, 11) is 0. The van der Waals surface area contributed by atoms with Gasteiger partial charge in [-0.3, -0.25) is 9.59 Å². The molecule has 1 N–H and O–H groups in total. The molecule has 4 nitrogen and oxygen atoms in total. The number of Topliss-reactive ketones (excluding diaryl/α,β-unsaturated/α-hetero) is 2. The van der Waals surface area contributed by atoms with Crippen molar-refractivity contribution in [2.24, 2.45) is 10.8 Å². The third-order valence-electron chi connectivity index (χ3n) is 7.45. The van der Waals surface area contributed by atoms with E-state index in [4.69, 9.17) is 4.74 Å². The molecule has 0 saturated heterocycles. The average molecular weight is 464 g/mol. The van der Waals surface area contributed by atoms with Crippen molar-refractivity contribution >= 4 is 11.6 Å². The largest absolute Gasteiger partial charge is 0.494 e. The lowest BCUT2D eigenvalue weighted by atomic mass is 9.64. The van der Waals surface area contributed by atoms with Gasteiger partial charge in [0.15, 0.2) is 11.6 Å². The van der Waals surface area contributed by atoms with Gasteiger partial charge in [-0.1, -0.05) is 72.4 Å². The second-order valence-corrected chi connectivity index (χ2v) is 12.1. The lowest BCUT2D eigenvalue weighted by Crippen LogP contribution is -2.42. The van der Waals surface area contributed by atoms with Crippen LogP contribution in [0.1, 0.15) is 104 Å². The Morgan fingerprint density at radius 2 is 1.32 bits per heavy atom. The molecule has 0 radical (unpaired) electrons. The molecule has 1 aromatic carbocycles. The van der Waals surface area contributed by atoms with Crippen LogP contribution in [-0.2, 0) is 9.59 Å². The van der Waals surface area contributed by atoms with E-state index in [0.717, 1.165) is 59.7 Å². The van der Waals surface area contributed by atoms with Gasteiger partial charge in [-0.25, -0.2) is 0 Å². The van der Waals surface area contributed by atoms with E-state index in [1.807, 2.05) is 12.1 Å². The average Bonchev–Trinajstić information content (AvgIpc) is 2.73. The van der Waals surface area contributed by atoms with E-state index in [0.29, 0.717) is 12.8 Å². The summed E-state index contributed by atoms with van der Waals surface area (Å²) in [6.07, 6.45) is 8.76. The molecule has 0 atom stereocenters. The number of hydrogen-bond acceptors (Lipinski definition) is 4. The van der Waals surface area contributed by atoms with E-state index < -0.39 is 0 Å². The predicted molar refractivity (Wildman–Crippen MR) is 137 cm³/mol. The summed E-state index contributed by atoms with van der Waals surface area (Å²) < 4.78 is 5.97. The summed E-state index contributed by atoms with van der Waals surface area (Å²) in [5.41, 5.74) is 4.50. The van der Waals surface area contributed by atoms with Gasteiger partial charge >= 0.3 is 0 Å². The highest BCUT2D eigenvalue weighted by molar-refractivity contribution is 6.06. The van der Waals surface area contributed by atoms with Crippen molar-refractivity contribution in [2.75, 3.05) is 6.61 Å². The van der Waals surface area contributed by atoms with Gasteiger partial charge in [0, 0.05) is 41.3 Å². The fourth-order valence-electron chi connectivity index (χ4n) is 5.87. The standard InChI is InChI=1S/C30H41NO3/c1-6-7-8-9-10-15-34-21-13-11-20(12-14-21)26-27-22(16-29(2,3)18-24(27)32)31-23-17-30(4,5)19-25(33)28(23)26/h11-14,26,31H,6-10,15-19H2,1-5H3. The van der Waals surface area contributed by atoms with Crippen molar-refractivity contribution in [3.05, 3.63) is 52.4 Å². The van der Waals surface area contributed by atoms with Crippen LogP contribution in [0.25, 0.3) is 0 Å². The lowest BCUT2D eigenvalue weighted by Gasteiger charge is -2.44. The first kappa shape index (κ1) is 24.8. The number of nitrogens with one attached hydrogen (secondary N) is 1. The van der Waals surface area contributed by atoms with Crippen LogP contribution < -0.4 is 10.1 Å². The van der Waals surface area contributed by atoms with Crippen molar-refractivity contribution < 1.29 is 14.3 Å². The van der Waals surface area contributed by atoms with Gasteiger partial charge in [0.1, 0.15) is 5.75 Å². The van der Waals surface area contributed by atoms with Crippen LogP contribution in [0.2, 0.25) is 0 Å². The molecule has 0 amide bonds. The van der Waals surface area contributed by atoms with Crippen LogP contribution in [0.5, 0.6) is 5.75 Å². The van der Waals surface area contributed by atoms with Gasteiger partial charge in [-0.15, -0.1) is 0 Å². The first-order valence-corrected chi connectivity index (χ1v) is 13.1. The quantitative estimate of drug-likeness (QED) is 0.421. The minimum atomic E-state index is -0.276. The molecule has 184 valence electrons. The number of rotatable bonds is 8. The highest BCUT2D eigenvalue weighted by atomic mass is 16.5. The molecule has 4 rings (SSSR count). The SMILES string of the molecule is CCCCCCCOc1ccc(C2C3=C(CC(C)(C)CC3=O)NC3=C2C(=O)CC(C)(C)C3)cc1. The smallest absolute Gasteiger partial charge is 0.162 e. The summed E-state index contributed by atoms with van der Waals surface area (Å²) in [5.74, 6) is 0.908. The van der Waals surface area contributed by atoms with Crippen molar-refractivity contribution in [1.82, 2.24) is 5.32 Å². The summed E-state index contributed by atoms with van der Waals surface area (Å²) in [6, 6.07) is 8.10. The summed E-state index contributed by atoms with van der Waals surface area (Å²) in [4.78, 5) is 26.8. The van der Waals surface area contributed by atoms with Gasteiger partial charge in [0.25, 0.3) is 0 Å². The van der Waals surface area contributed by atoms with Crippen molar-refractivity contribution in [3.8, 4) is 5.75 Å². The Balaban J connectivity index is 1.61. The van der Waals surface area contributed by atoms with Crippen LogP contribution >= 0.6 is 0 Å². The van der Waals surface area contributed by atoms with E-state index in [-0.39, 0.29) is 28.3 Å². The maximum absolute atomic E-state index is 13.4. The van der Waals surface area contributed by atoms with E-state index in [9.17, 15) is 9.59 Å². The molecule has 0 unspecified atom stereocenters. The number of hydrogen-bond donors (Lipinski definition) is 1. The Bertz CT molecular complexity index is 958. The monoisotopic (exact) mass is 463 g/mol. The number of allylic oxidation sites excluding steroid dienone is 4. The number of carbonyl (C=O) groups is 2. The zero-order valence-corrected chi connectivity index (χ0v) is 21.7. The normalized spacial score (nSPS) is 21.8. The summed E-state index contributed by atoms with van der Waals surface area (Å²) in [6.45, 7) is 11.6. The molecule has 0 saturated carbocycles. The number of carbonyl (C=O) groups excluding carboxylic acids is 2. The Kier molecular flexibility index (Phi) is 7.07. The fourth-order valence-corrected chi connectivity index (χ4v) is 5.87. The van der Waals surface area contributed by atoms with Gasteiger partial charge < -0.3 is 10.1 Å². The lowest BCUT2D eigenvalue weighted by molar-refractivity contribution is -0.119. The molecule has 1 aromatic rings. The maximum atomic E-state index is 13.4. The van der Waals surface area contributed by atoms with Crippen LogP contribution in [0.15, 0.2) is 46.8 Å². The molecule has 0 bridgehead atoms. The number of benzene rings is 1. The molecule has 1 aliphatic heterocycles. The van der Waals surface area contributed by atoms with Crippen molar-refractivity contribution in [3.63, 3.8) is 0 Å². The minimum Gasteiger partial charge on any atom is -0.494 e. The van der Waals surface area contributed by atoms with E-state index in [1.165, 1.54) is 25.7 Å². The predicted octanol–water partition coefficient (Wildman–Crippen LogP) is 7.01. The molecule has 1 heterocycles. The zero-order chi connectivity index (χ0) is 24.5. The van der Waals surface area contributed by atoms with E-state index in [2.05, 4.69) is 52.1 Å². The number of unbranched alkanes of at least 4 members (excludes halogenated alkanes) is 4. The van der Waals surface area contributed by atoms with E-state index >= 15 is 0 Å². The Hall–Kier alpha value is -2.36. The van der Waals surface area contributed by atoms with Crippen molar-refractivity contribution in [2.45, 2.75) is 98.3 Å². The first-order chi connectivity index (χ1) is 16.1. The Labute approximate surface area is 205 Å². The second kappa shape index (κ2) is 9.71. The number of dihydropyridines is 1. The summed E-state index contributed by atoms with van der Waals surface area (Å²) >= 11 is 0. The topological polar surface area (TPSA) is 55.4 Å². The number of ketones is 2. The Morgan fingerprint density at radius 3 is 1.85 bits per heavy atom. The van der Waals surface area contributed by atoms with Crippen LogP contribution in [0.4, 0.5) is 0 Å². The molecule has 34 heavy (non-hydrogen) atoms. The van der Waals surface area contributed by atoms with Crippen LogP contribution in [-0.4, -0.2) is 18.2 Å². The maximum Gasteiger partial charge on any atom is 0.162 e. The molecule has 2 aliphatic carbocycles. The van der Waals surface area contributed by atoms with Crippen LogP contribution in [0.3, 0.4) is 0 Å². The van der Waals surface area contributed by atoms with Crippen LogP contribution in [0, 0.1) is 10.8 Å². The summed E-state index contributed by atoms with van der Waals surface area (Å²) in [5, 5.41) is 3.58. The minimum absolute atomic E-state index is 0.0749. The highest BCUT2D eigenvalue weighted by Crippen LogP contribution is 2.51. The van der Waals surface area contributed by atoms with Gasteiger partial charge in [-0.2, -0.15) is 0 Å². The molecule has 0 aromatic heterocycles. The van der Waals surface area contributed by atoms with Gasteiger partial charge in [-0.05, 0) is 47.8 Å². The van der Waals surface area contributed by atoms with Gasteiger partial charge in [0.05, 0.1) is 6.61 Å². The highest BCUT2D eigenvalue weighted by Gasteiger charge is 2.46. The zero-order valence-electron chi connectivity index (χ0n) is 21.7. The third-order valence-corrected chi connectivity index (χ3v) is 7.45. The van der Waals surface area contributed by atoms with E-state index in [1.54, 1.807) is 0 Å². The molecule has 0 fully saturated rings. The second-order valence-electron chi connectivity index (χ2n) is 12.1.